The molecule has 0 aliphatic carbocycles. The number of rotatable bonds is 2. The number of pyridine rings is 1. The third-order valence-electron chi connectivity index (χ3n) is 4.79. The molecule has 0 radical (unpaired) electrons. The van der Waals surface area contributed by atoms with Crippen LogP contribution in [0.2, 0.25) is 0 Å². The Morgan fingerprint density at radius 3 is 2.41 bits per heavy atom. The Balaban J connectivity index is 1.66. The van der Waals surface area contributed by atoms with Gasteiger partial charge in [0, 0.05) is 23.0 Å². The molecule has 8 heteroatoms. The fraction of sp³-hybridized carbons (Fsp3) is 0.190. The Kier molecular flexibility index (Phi) is 4.49. The molecule has 0 bridgehead atoms. The number of benzene rings is 2. The number of aryl methyl sites for hydroxylation is 2. The van der Waals surface area contributed by atoms with E-state index >= 15 is 0 Å². The maximum atomic E-state index is 12.8. The van der Waals surface area contributed by atoms with Crippen molar-refractivity contribution in [3.8, 4) is 0 Å². The number of nitrogens with zero attached hydrogens (tertiary/aromatic N) is 3. The summed E-state index contributed by atoms with van der Waals surface area (Å²) < 4.78 is 39.3. The number of fused-ring (bicyclic) bond motifs is 3. The first-order valence-electron chi connectivity index (χ1n) is 8.94. The lowest BCUT2D eigenvalue weighted by atomic mass is 10.1. The molecule has 0 spiro atoms. The van der Waals surface area contributed by atoms with Gasteiger partial charge in [-0.15, -0.1) is 0 Å². The fourth-order valence-corrected chi connectivity index (χ4v) is 3.43. The van der Waals surface area contributed by atoms with Crippen LogP contribution in [0.5, 0.6) is 0 Å². The summed E-state index contributed by atoms with van der Waals surface area (Å²) in [7, 11) is 0. The van der Waals surface area contributed by atoms with Gasteiger partial charge in [-0.2, -0.15) is 23.0 Å². The second kappa shape index (κ2) is 6.88. The molecule has 4 rings (SSSR count). The van der Waals surface area contributed by atoms with Crippen LogP contribution < -0.4 is 5.32 Å². The van der Waals surface area contributed by atoms with E-state index in [0.717, 1.165) is 34.1 Å². The summed E-state index contributed by atoms with van der Waals surface area (Å²) in [4.78, 5) is 17.4. The van der Waals surface area contributed by atoms with Gasteiger partial charge in [-0.1, -0.05) is 30.3 Å². The largest absolute Gasteiger partial charge is 0.416 e. The first-order chi connectivity index (χ1) is 13.8. The van der Waals surface area contributed by atoms with Crippen molar-refractivity contribution in [3.05, 3.63) is 71.0 Å². The zero-order chi connectivity index (χ0) is 20.8. The molecule has 2 heterocycles. The van der Waals surface area contributed by atoms with E-state index in [0.29, 0.717) is 16.8 Å². The van der Waals surface area contributed by atoms with E-state index in [4.69, 9.17) is 0 Å². The molecule has 4 aromatic rings. The van der Waals surface area contributed by atoms with Gasteiger partial charge >= 0.3 is 12.2 Å². The number of aromatic nitrogens is 3. The van der Waals surface area contributed by atoms with Crippen molar-refractivity contribution in [3.63, 3.8) is 0 Å². The molecule has 0 aliphatic rings. The third kappa shape index (κ3) is 3.41. The van der Waals surface area contributed by atoms with Crippen LogP contribution in [0.3, 0.4) is 0 Å². The Morgan fingerprint density at radius 2 is 1.72 bits per heavy atom. The summed E-state index contributed by atoms with van der Waals surface area (Å²) in [6.07, 6.45) is -4.39. The number of halogens is 3. The maximum absolute atomic E-state index is 12.8. The van der Waals surface area contributed by atoms with Crippen molar-refractivity contribution in [1.82, 2.24) is 20.1 Å². The molecule has 5 nitrogen and oxygen atoms in total. The second-order valence-electron chi connectivity index (χ2n) is 6.79. The average molecular weight is 398 g/mol. The summed E-state index contributed by atoms with van der Waals surface area (Å²) in [6.45, 7) is 3.76. The normalized spacial score (nSPS) is 11.9. The number of carbonyl (C=O) groups is 1. The van der Waals surface area contributed by atoms with E-state index in [1.807, 2.05) is 38.1 Å². The molecule has 0 fully saturated rings. The molecule has 2 aromatic heterocycles. The minimum absolute atomic E-state index is 0.0827. The number of carbonyl (C=O) groups excluding carboxylic acids is 1. The number of hydrogen-bond donors (Lipinski definition) is 1. The SMILES string of the molecule is Cc1nc2ccccc2c2c1c(C)nn2C(=O)NCc1ccc(C(F)(F)F)cc1. The molecule has 0 aliphatic heterocycles. The molecule has 0 saturated carbocycles. The van der Waals surface area contributed by atoms with Gasteiger partial charge in [0.05, 0.1) is 22.3 Å². The molecular weight excluding hydrogens is 381 g/mol. The van der Waals surface area contributed by atoms with Gasteiger partial charge in [0.25, 0.3) is 0 Å². The minimum Gasteiger partial charge on any atom is -0.332 e. The number of amides is 1. The van der Waals surface area contributed by atoms with Crippen LogP contribution in [0.4, 0.5) is 18.0 Å². The van der Waals surface area contributed by atoms with Gasteiger partial charge in [0.2, 0.25) is 0 Å². The van der Waals surface area contributed by atoms with Gasteiger partial charge in [-0.05, 0) is 37.6 Å². The van der Waals surface area contributed by atoms with Crippen molar-refractivity contribution in [2.24, 2.45) is 0 Å². The van der Waals surface area contributed by atoms with Crippen LogP contribution in [-0.2, 0) is 12.7 Å². The van der Waals surface area contributed by atoms with Gasteiger partial charge in [-0.25, -0.2) is 4.79 Å². The molecule has 0 unspecified atom stereocenters. The summed E-state index contributed by atoms with van der Waals surface area (Å²) in [5.41, 5.74) is 2.71. The molecule has 0 atom stereocenters. The number of nitrogens with one attached hydrogen (secondary N) is 1. The van der Waals surface area contributed by atoms with Gasteiger partial charge < -0.3 is 5.32 Å². The van der Waals surface area contributed by atoms with Crippen molar-refractivity contribution < 1.29 is 18.0 Å². The highest BCUT2D eigenvalue weighted by Crippen LogP contribution is 2.30. The maximum Gasteiger partial charge on any atom is 0.416 e. The van der Waals surface area contributed by atoms with Crippen LogP contribution in [0.15, 0.2) is 48.5 Å². The summed E-state index contributed by atoms with van der Waals surface area (Å²) >= 11 is 0. The molecule has 29 heavy (non-hydrogen) atoms. The minimum atomic E-state index is -4.39. The standard InChI is InChI=1S/C21H17F3N4O/c1-12-18-13(2)27-28(19(18)16-5-3-4-6-17(16)26-12)20(29)25-11-14-7-9-15(10-8-14)21(22,23)24/h3-10H,11H2,1-2H3,(H,25,29). The first-order valence-corrected chi connectivity index (χ1v) is 8.94. The average Bonchev–Trinajstić information content (AvgIpc) is 3.04. The zero-order valence-electron chi connectivity index (χ0n) is 15.7. The van der Waals surface area contributed by atoms with Gasteiger partial charge in [0.15, 0.2) is 0 Å². The first kappa shape index (κ1) is 18.9. The lowest BCUT2D eigenvalue weighted by Crippen LogP contribution is -2.29. The highest BCUT2D eigenvalue weighted by molar-refractivity contribution is 6.08. The van der Waals surface area contributed by atoms with E-state index < -0.39 is 17.8 Å². The van der Waals surface area contributed by atoms with Crippen molar-refractivity contribution in [2.45, 2.75) is 26.6 Å². The lowest BCUT2D eigenvalue weighted by molar-refractivity contribution is -0.137. The summed E-state index contributed by atoms with van der Waals surface area (Å²) in [5, 5.41) is 8.72. The van der Waals surface area contributed by atoms with E-state index in [-0.39, 0.29) is 6.54 Å². The van der Waals surface area contributed by atoms with Gasteiger partial charge in [0.1, 0.15) is 0 Å². The Morgan fingerprint density at radius 1 is 1.03 bits per heavy atom. The molecule has 1 N–H and O–H groups in total. The second-order valence-corrected chi connectivity index (χ2v) is 6.79. The van der Waals surface area contributed by atoms with E-state index in [1.165, 1.54) is 16.8 Å². The number of hydrogen-bond acceptors (Lipinski definition) is 3. The summed E-state index contributed by atoms with van der Waals surface area (Å²) in [6, 6.07) is 11.7. The van der Waals surface area contributed by atoms with Crippen molar-refractivity contribution >= 4 is 27.8 Å². The monoisotopic (exact) mass is 398 g/mol. The Bertz CT molecular complexity index is 1230. The quantitative estimate of drug-likeness (QED) is 0.518. The molecule has 2 aromatic carbocycles. The van der Waals surface area contributed by atoms with Crippen molar-refractivity contribution in [2.75, 3.05) is 0 Å². The van der Waals surface area contributed by atoms with Crippen LogP contribution in [0.1, 0.15) is 22.5 Å². The summed E-state index contributed by atoms with van der Waals surface area (Å²) in [5.74, 6) is 0. The molecule has 1 amide bonds. The predicted molar refractivity (Wildman–Crippen MR) is 104 cm³/mol. The number of alkyl halides is 3. The van der Waals surface area contributed by atoms with E-state index in [2.05, 4.69) is 15.4 Å². The smallest absolute Gasteiger partial charge is 0.332 e. The van der Waals surface area contributed by atoms with E-state index in [9.17, 15) is 18.0 Å². The molecule has 148 valence electrons. The topological polar surface area (TPSA) is 59.8 Å². The van der Waals surface area contributed by atoms with Gasteiger partial charge in [-0.3, -0.25) is 4.98 Å². The highest BCUT2D eigenvalue weighted by Gasteiger charge is 2.30. The molecule has 0 saturated heterocycles. The Labute approximate surface area is 164 Å². The van der Waals surface area contributed by atoms with Crippen LogP contribution in [0, 0.1) is 13.8 Å². The third-order valence-corrected chi connectivity index (χ3v) is 4.79. The van der Waals surface area contributed by atoms with Crippen LogP contribution in [0.25, 0.3) is 21.8 Å². The highest BCUT2D eigenvalue weighted by atomic mass is 19.4. The lowest BCUT2D eigenvalue weighted by Gasteiger charge is -2.10. The fourth-order valence-electron chi connectivity index (χ4n) is 3.43. The zero-order valence-corrected chi connectivity index (χ0v) is 15.7. The van der Waals surface area contributed by atoms with Crippen LogP contribution >= 0.6 is 0 Å². The number of para-hydroxylation sites is 1. The van der Waals surface area contributed by atoms with Crippen molar-refractivity contribution in [1.29, 1.82) is 0 Å². The Hall–Kier alpha value is -3.42. The molecular formula is C21H17F3N4O. The predicted octanol–water partition coefficient (Wildman–Crippen LogP) is 4.98. The van der Waals surface area contributed by atoms with Crippen LogP contribution in [-0.4, -0.2) is 20.8 Å². The van der Waals surface area contributed by atoms with E-state index in [1.54, 1.807) is 0 Å².